The van der Waals surface area contributed by atoms with E-state index in [-0.39, 0.29) is 12.5 Å². The third kappa shape index (κ3) is 4.03. The van der Waals surface area contributed by atoms with Crippen molar-refractivity contribution in [3.63, 3.8) is 0 Å². The summed E-state index contributed by atoms with van der Waals surface area (Å²) in [5.41, 5.74) is 0.822. The van der Waals surface area contributed by atoms with Crippen LogP contribution in [0.5, 0.6) is 5.75 Å². The maximum absolute atomic E-state index is 11.8. The van der Waals surface area contributed by atoms with E-state index in [2.05, 4.69) is 10.6 Å². The molecule has 1 saturated carbocycles. The molecule has 0 aromatic heterocycles. The summed E-state index contributed by atoms with van der Waals surface area (Å²) in [7, 11) is 1.57. The van der Waals surface area contributed by atoms with Gasteiger partial charge in [-0.15, -0.1) is 0 Å². The molecular weight excluding hydrogens is 264 g/mol. The lowest BCUT2D eigenvalue weighted by Crippen LogP contribution is -2.36. The van der Waals surface area contributed by atoms with Gasteiger partial charge in [-0.2, -0.15) is 0 Å². The lowest BCUT2D eigenvalue weighted by Gasteiger charge is -2.13. The number of carbonyl (C=O) groups excluding carboxylic acids is 1. The molecule has 104 valence electrons. The van der Waals surface area contributed by atoms with E-state index >= 15 is 0 Å². The number of amides is 1. The minimum atomic E-state index is 0.0285. The van der Waals surface area contributed by atoms with Gasteiger partial charge in [0.1, 0.15) is 5.75 Å². The highest BCUT2D eigenvalue weighted by atomic mass is 35.5. The third-order valence-electron chi connectivity index (χ3n) is 3.32. The fraction of sp³-hybridized carbons (Fsp3) is 0.500. The van der Waals surface area contributed by atoms with Crippen LogP contribution < -0.4 is 15.4 Å². The molecule has 0 aliphatic heterocycles. The van der Waals surface area contributed by atoms with Gasteiger partial charge in [0.15, 0.2) is 0 Å². The largest absolute Gasteiger partial charge is 0.495 e. The summed E-state index contributed by atoms with van der Waals surface area (Å²) in [6, 6.07) is 5.71. The summed E-state index contributed by atoms with van der Waals surface area (Å²) in [6.45, 7) is 0.265. The standard InChI is InChI=1S/C14H19ClN2O2/c1-19-13-8-11(6-7-12(13)15)16-9-14(18)17-10-4-2-3-5-10/h6-8,10,16H,2-5,9H2,1H3,(H,17,18). The van der Waals surface area contributed by atoms with Crippen LogP contribution in [0.25, 0.3) is 0 Å². The minimum Gasteiger partial charge on any atom is -0.495 e. The maximum Gasteiger partial charge on any atom is 0.239 e. The second-order valence-corrected chi connectivity index (χ2v) is 5.16. The van der Waals surface area contributed by atoms with Gasteiger partial charge in [0.25, 0.3) is 0 Å². The highest BCUT2D eigenvalue weighted by molar-refractivity contribution is 6.32. The average molecular weight is 283 g/mol. The number of hydrogen-bond donors (Lipinski definition) is 2. The van der Waals surface area contributed by atoms with Gasteiger partial charge in [0.2, 0.25) is 5.91 Å². The number of methoxy groups -OCH3 is 1. The summed E-state index contributed by atoms with van der Waals surface area (Å²) in [5, 5.41) is 6.66. The molecule has 0 radical (unpaired) electrons. The normalized spacial score (nSPS) is 15.3. The Bertz CT molecular complexity index is 445. The van der Waals surface area contributed by atoms with Crippen molar-refractivity contribution in [2.24, 2.45) is 0 Å². The molecule has 0 atom stereocenters. The lowest BCUT2D eigenvalue weighted by atomic mass is 10.2. The molecule has 2 N–H and O–H groups in total. The van der Waals surface area contributed by atoms with Gasteiger partial charge in [-0.1, -0.05) is 24.4 Å². The number of ether oxygens (including phenoxy) is 1. The molecule has 19 heavy (non-hydrogen) atoms. The number of rotatable bonds is 5. The van der Waals surface area contributed by atoms with Crippen molar-refractivity contribution < 1.29 is 9.53 Å². The molecule has 0 saturated heterocycles. The first-order valence-corrected chi connectivity index (χ1v) is 6.93. The summed E-state index contributed by atoms with van der Waals surface area (Å²) in [4.78, 5) is 11.8. The number of hydrogen-bond acceptors (Lipinski definition) is 3. The Kier molecular flexibility index (Phi) is 4.91. The zero-order chi connectivity index (χ0) is 13.7. The molecule has 1 aliphatic rings. The van der Waals surface area contributed by atoms with Crippen LogP contribution in [0.2, 0.25) is 5.02 Å². The Balaban J connectivity index is 1.82. The fourth-order valence-corrected chi connectivity index (χ4v) is 2.50. The molecule has 2 rings (SSSR count). The van der Waals surface area contributed by atoms with Crippen LogP contribution >= 0.6 is 11.6 Å². The Hall–Kier alpha value is -1.42. The summed E-state index contributed by atoms with van der Waals surface area (Å²) < 4.78 is 5.13. The first-order valence-electron chi connectivity index (χ1n) is 6.56. The van der Waals surface area contributed by atoms with Gasteiger partial charge >= 0.3 is 0 Å². The van der Waals surface area contributed by atoms with Crippen molar-refractivity contribution >= 4 is 23.2 Å². The summed E-state index contributed by atoms with van der Waals surface area (Å²) >= 11 is 5.94. The van der Waals surface area contributed by atoms with Crippen molar-refractivity contribution in [1.82, 2.24) is 5.32 Å². The van der Waals surface area contributed by atoms with Crippen molar-refractivity contribution in [3.8, 4) is 5.75 Å². The topological polar surface area (TPSA) is 50.4 Å². The summed E-state index contributed by atoms with van der Waals surface area (Å²) in [5.74, 6) is 0.628. The number of halogens is 1. The Morgan fingerprint density at radius 1 is 1.42 bits per heavy atom. The molecule has 4 nitrogen and oxygen atoms in total. The average Bonchev–Trinajstić information content (AvgIpc) is 2.90. The molecule has 1 fully saturated rings. The van der Waals surface area contributed by atoms with E-state index in [1.54, 1.807) is 19.2 Å². The second kappa shape index (κ2) is 6.66. The van der Waals surface area contributed by atoms with Crippen LogP contribution in [0.15, 0.2) is 18.2 Å². The molecule has 1 aromatic rings. The van der Waals surface area contributed by atoms with Gasteiger partial charge in [-0.05, 0) is 25.0 Å². The van der Waals surface area contributed by atoms with E-state index in [0.717, 1.165) is 18.5 Å². The first-order chi connectivity index (χ1) is 9.19. The Labute approximate surface area is 118 Å². The smallest absolute Gasteiger partial charge is 0.239 e. The number of carbonyl (C=O) groups is 1. The Morgan fingerprint density at radius 2 is 2.16 bits per heavy atom. The number of anilines is 1. The molecule has 5 heteroatoms. The zero-order valence-electron chi connectivity index (χ0n) is 11.0. The van der Waals surface area contributed by atoms with Gasteiger partial charge in [-0.3, -0.25) is 4.79 Å². The van der Waals surface area contributed by atoms with Crippen molar-refractivity contribution in [2.75, 3.05) is 19.0 Å². The van der Waals surface area contributed by atoms with Gasteiger partial charge in [0, 0.05) is 17.8 Å². The molecule has 0 heterocycles. The molecule has 0 spiro atoms. The zero-order valence-corrected chi connectivity index (χ0v) is 11.8. The predicted molar refractivity (Wildman–Crippen MR) is 76.9 cm³/mol. The molecule has 1 amide bonds. The van der Waals surface area contributed by atoms with E-state index in [4.69, 9.17) is 16.3 Å². The molecular formula is C14H19ClN2O2. The van der Waals surface area contributed by atoms with E-state index in [0.29, 0.717) is 16.8 Å². The monoisotopic (exact) mass is 282 g/mol. The number of benzene rings is 1. The number of nitrogens with one attached hydrogen (secondary N) is 2. The minimum absolute atomic E-state index is 0.0285. The predicted octanol–water partition coefficient (Wildman–Crippen LogP) is 2.82. The van der Waals surface area contributed by atoms with Crippen LogP contribution in [0.3, 0.4) is 0 Å². The van der Waals surface area contributed by atoms with Crippen LogP contribution in [0.4, 0.5) is 5.69 Å². The molecule has 0 unspecified atom stereocenters. The maximum atomic E-state index is 11.8. The van der Waals surface area contributed by atoms with Crippen LogP contribution in [-0.4, -0.2) is 25.6 Å². The highest BCUT2D eigenvalue weighted by Gasteiger charge is 2.16. The van der Waals surface area contributed by atoms with Crippen LogP contribution in [0.1, 0.15) is 25.7 Å². The van der Waals surface area contributed by atoms with Crippen molar-refractivity contribution in [3.05, 3.63) is 23.2 Å². The van der Waals surface area contributed by atoms with E-state index in [1.165, 1.54) is 12.8 Å². The van der Waals surface area contributed by atoms with Crippen molar-refractivity contribution in [2.45, 2.75) is 31.7 Å². The van der Waals surface area contributed by atoms with E-state index < -0.39 is 0 Å². The fourth-order valence-electron chi connectivity index (χ4n) is 2.30. The van der Waals surface area contributed by atoms with Crippen LogP contribution in [-0.2, 0) is 4.79 Å². The van der Waals surface area contributed by atoms with Gasteiger partial charge < -0.3 is 15.4 Å². The Morgan fingerprint density at radius 3 is 2.84 bits per heavy atom. The lowest BCUT2D eigenvalue weighted by molar-refractivity contribution is -0.120. The summed E-state index contributed by atoms with van der Waals surface area (Å²) in [6.07, 6.45) is 4.63. The molecule has 1 aromatic carbocycles. The SMILES string of the molecule is COc1cc(NCC(=O)NC2CCCC2)ccc1Cl. The van der Waals surface area contributed by atoms with Crippen LogP contribution in [0, 0.1) is 0 Å². The third-order valence-corrected chi connectivity index (χ3v) is 3.64. The first kappa shape index (κ1) is 14.0. The molecule has 1 aliphatic carbocycles. The van der Waals surface area contributed by atoms with E-state index in [1.807, 2.05) is 6.07 Å². The molecule has 0 bridgehead atoms. The highest BCUT2D eigenvalue weighted by Crippen LogP contribution is 2.27. The van der Waals surface area contributed by atoms with Crippen molar-refractivity contribution in [1.29, 1.82) is 0 Å². The second-order valence-electron chi connectivity index (χ2n) is 4.75. The quantitative estimate of drug-likeness (QED) is 0.873. The van der Waals surface area contributed by atoms with E-state index in [9.17, 15) is 4.79 Å². The van der Waals surface area contributed by atoms with Gasteiger partial charge in [-0.25, -0.2) is 0 Å². The van der Waals surface area contributed by atoms with Gasteiger partial charge in [0.05, 0.1) is 18.7 Å².